The molecule has 0 radical (unpaired) electrons. The zero-order chi connectivity index (χ0) is 28.6. The van der Waals surface area contributed by atoms with Crippen LogP contribution in [0.5, 0.6) is 5.75 Å². The zero-order valence-electron chi connectivity index (χ0n) is 21.5. The number of carboxylic acids is 1. The number of methoxy groups -OCH3 is 1. The number of nitrogens with zero attached hydrogens (tertiary/aromatic N) is 3. The first-order chi connectivity index (χ1) is 19.2. The van der Waals surface area contributed by atoms with Crippen molar-refractivity contribution in [2.45, 2.75) is 31.8 Å². The Bertz CT molecular complexity index is 1660. The van der Waals surface area contributed by atoms with Crippen LogP contribution < -0.4 is 10.6 Å². The molecule has 2 atom stereocenters. The van der Waals surface area contributed by atoms with Gasteiger partial charge in [-0.15, -0.1) is 0 Å². The molecule has 2 amide bonds. The predicted molar refractivity (Wildman–Crippen MR) is 140 cm³/mol. The second-order valence-corrected chi connectivity index (χ2v) is 9.32. The van der Waals surface area contributed by atoms with Gasteiger partial charge in [-0.2, -0.15) is 5.10 Å². The molecule has 0 saturated heterocycles. The number of nitrogens with one attached hydrogen (secondary N) is 2. The van der Waals surface area contributed by atoms with Crippen molar-refractivity contribution in [1.29, 1.82) is 0 Å². The lowest BCUT2D eigenvalue weighted by atomic mass is 9.98. The van der Waals surface area contributed by atoms with Crippen molar-refractivity contribution in [3.63, 3.8) is 0 Å². The minimum absolute atomic E-state index is 0.00966. The van der Waals surface area contributed by atoms with Crippen LogP contribution >= 0.6 is 0 Å². The molecule has 0 aliphatic heterocycles. The number of rotatable bonds is 7. The smallest absolute Gasteiger partial charge is 0.335 e. The fourth-order valence-electron chi connectivity index (χ4n) is 4.95. The first-order valence-corrected chi connectivity index (χ1v) is 12.4. The summed E-state index contributed by atoms with van der Waals surface area (Å²) < 4.78 is 6.14. The van der Waals surface area contributed by atoms with Crippen LogP contribution in [0.4, 0.5) is 0 Å². The Labute approximate surface area is 227 Å². The van der Waals surface area contributed by atoms with E-state index in [9.17, 15) is 29.4 Å². The molecule has 204 valence electrons. The van der Waals surface area contributed by atoms with E-state index in [1.54, 1.807) is 13.0 Å². The van der Waals surface area contributed by atoms with Crippen molar-refractivity contribution in [3.05, 3.63) is 93.9 Å². The Kier molecular flexibility index (Phi) is 6.91. The molecule has 1 aliphatic rings. The number of amides is 2. The average molecular weight is 544 g/mol. The Balaban J connectivity index is 1.43. The van der Waals surface area contributed by atoms with E-state index in [-0.39, 0.29) is 34.4 Å². The van der Waals surface area contributed by atoms with E-state index >= 15 is 0 Å². The average Bonchev–Trinajstić information content (AvgIpc) is 3.58. The summed E-state index contributed by atoms with van der Waals surface area (Å²) >= 11 is 0. The van der Waals surface area contributed by atoms with E-state index in [1.165, 1.54) is 60.3 Å². The number of carbonyl (C=O) groups is 4. The molecule has 0 spiro atoms. The van der Waals surface area contributed by atoms with Crippen molar-refractivity contribution >= 4 is 29.4 Å². The van der Waals surface area contributed by atoms with E-state index in [4.69, 9.17) is 4.74 Å². The van der Waals surface area contributed by atoms with E-state index in [0.717, 1.165) is 11.1 Å². The molecule has 4 aromatic rings. The van der Waals surface area contributed by atoms with Crippen LogP contribution in [0.15, 0.2) is 54.7 Å². The minimum Gasteiger partial charge on any atom is -0.508 e. The summed E-state index contributed by atoms with van der Waals surface area (Å²) in [5.74, 6) is -2.99. The molecule has 5 rings (SSSR count). The van der Waals surface area contributed by atoms with Gasteiger partial charge in [-0.3, -0.25) is 9.59 Å². The van der Waals surface area contributed by atoms with Crippen molar-refractivity contribution in [3.8, 4) is 5.75 Å². The Morgan fingerprint density at radius 3 is 2.52 bits per heavy atom. The number of aromatic carboxylic acids is 1. The Morgan fingerprint density at radius 1 is 1.07 bits per heavy atom. The van der Waals surface area contributed by atoms with Crippen LogP contribution in [0, 0.1) is 6.92 Å². The van der Waals surface area contributed by atoms with Gasteiger partial charge in [0.25, 0.3) is 11.8 Å². The first-order valence-electron chi connectivity index (χ1n) is 12.4. The highest BCUT2D eigenvalue weighted by molar-refractivity contribution is 6.00. The largest absolute Gasteiger partial charge is 0.508 e. The number of esters is 1. The maximum Gasteiger partial charge on any atom is 0.335 e. The Morgan fingerprint density at radius 2 is 1.82 bits per heavy atom. The topological polar surface area (TPSA) is 172 Å². The fraction of sp³-hybridized carbons (Fsp3) is 0.214. The number of hydrogen-bond acceptors (Lipinski definition) is 8. The highest BCUT2D eigenvalue weighted by Gasteiger charge is 2.30. The highest BCUT2D eigenvalue weighted by atomic mass is 16.5. The summed E-state index contributed by atoms with van der Waals surface area (Å²) in [4.78, 5) is 55.0. The molecule has 2 heterocycles. The summed E-state index contributed by atoms with van der Waals surface area (Å²) in [6.45, 7) is 1.76. The number of hydrogen-bond donors (Lipinski definition) is 4. The number of ether oxygens (including phenoxy) is 1. The minimum atomic E-state index is -1.19. The second kappa shape index (κ2) is 10.5. The summed E-state index contributed by atoms with van der Waals surface area (Å²) in [6.07, 6.45) is 2.63. The van der Waals surface area contributed by atoms with Crippen LogP contribution in [-0.4, -0.2) is 55.7 Å². The molecule has 0 unspecified atom stereocenters. The first kappa shape index (κ1) is 26.4. The summed E-state index contributed by atoms with van der Waals surface area (Å²) in [6, 6.07) is 10.2. The lowest BCUT2D eigenvalue weighted by Crippen LogP contribution is -2.35. The maximum absolute atomic E-state index is 13.5. The zero-order valence-corrected chi connectivity index (χ0v) is 21.5. The summed E-state index contributed by atoms with van der Waals surface area (Å²) in [5, 5.41) is 28.7. The molecule has 0 fully saturated rings. The van der Waals surface area contributed by atoms with Gasteiger partial charge in [-0.25, -0.2) is 19.1 Å². The van der Waals surface area contributed by atoms with Crippen molar-refractivity contribution in [2.24, 2.45) is 0 Å². The van der Waals surface area contributed by atoms with Gasteiger partial charge in [0, 0.05) is 12.1 Å². The number of carboxylic acid groups (broad SMARTS) is 1. The van der Waals surface area contributed by atoms with Crippen molar-refractivity contribution < 1.29 is 34.1 Å². The molecular formula is C28H25N5O7. The number of carbonyl (C=O) groups excluding carboxylic acids is 3. The van der Waals surface area contributed by atoms with Crippen LogP contribution in [-0.2, 0) is 16.0 Å². The van der Waals surface area contributed by atoms with Crippen LogP contribution in [0.2, 0.25) is 0 Å². The lowest BCUT2D eigenvalue weighted by molar-refractivity contribution is -0.143. The summed E-state index contributed by atoms with van der Waals surface area (Å²) in [7, 11) is 1.19. The van der Waals surface area contributed by atoms with E-state index < -0.39 is 29.8 Å². The molecule has 2 aromatic carbocycles. The molecular weight excluding hydrogens is 518 g/mol. The monoisotopic (exact) mass is 543 g/mol. The second-order valence-electron chi connectivity index (χ2n) is 9.32. The quantitative estimate of drug-likeness (QED) is 0.256. The van der Waals surface area contributed by atoms with Gasteiger partial charge in [0.1, 0.15) is 17.1 Å². The van der Waals surface area contributed by atoms with Crippen LogP contribution in [0.1, 0.15) is 72.1 Å². The van der Waals surface area contributed by atoms with Gasteiger partial charge in [0.2, 0.25) is 0 Å². The Hall–Kier alpha value is -5.26. The number of fused-ring (bicyclic) bond motifs is 2. The lowest BCUT2D eigenvalue weighted by Gasteiger charge is -2.18. The van der Waals surface area contributed by atoms with Gasteiger partial charge in [0.15, 0.2) is 11.7 Å². The van der Waals surface area contributed by atoms with Crippen LogP contribution in [0.3, 0.4) is 0 Å². The van der Waals surface area contributed by atoms with Crippen molar-refractivity contribution in [1.82, 2.24) is 25.2 Å². The maximum atomic E-state index is 13.5. The molecule has 12 nitrogen and oxygen atoms in total. The van der Waals surface area contributed by atoms with Gasteiger partial charge in [0.05, 0.1) is 24.9 Å². The van der Waals surface area contributed by atoms with Gasteiger partial charge >= 0.3 is 11.9 Å². The molecule has 1 aliphatic carbocycles. The number of aromatic nitrogens is 3. The number of aromatic hydroxyl groups is 1. The van der Waals surface area contributed by atoms with Gasteiger partial charge < -0.3 is 25.6 Å². The molecule has 12 heteroatoms. The van der Waals surface area contributed by atoms with Gasteiger partial charge in [-0.05, 0) is 60.2 Å². The number of phenolic OH excluding ortho intramolecular Hbond substituents is 1. The van der Waals surface area contributed by atoms with E-state index in [1.807, 2.05) is 0 Å². The van der Waals surface area contributed by atoms with Gasteiger partial charge in [-0.1, -0.05) is 18.2 Å². The van der Waals surface area contributed by atoms with E-state index in [0.29, 0.717) is 24.0 Å². The number of benzene rings is 2. The molecule has 0 saturated carbocycles. The normalized spacial score (nSPS) is 14.8. The third-order valence-electron chi connectivity index (χ3n) is 6.99. The fourth-order valence-corrected chi connectivity index (χ4v) is 4.95. The third kappa shape index (κ3) is 4.82. The van der Waals surface area contributed by atoms with E-state index in [2.05, 4.69) is 20.7 Å². The number of phenols is 1. The predicted octanol–water partition coefficient (Wildman–Crippen LogP) is 2.50. The summed E-state index contributed by atoms with van der Waals surface area (Å²) in [5.41, 5.74) is 3.18. The SMILES string of the molecule is COC(=O)[C@H](NC(=O)c1cc(C(=O)N[C@H]2CCc3c2ccc(C(=O)O)c3C)n2nccc2n1)c1ccc(O)cc1. The molecule has 40 heavy (non-hydrogen) atoms. The molecule has 0 bridgehead atoms. The standard InChI is InChI=1S/C28H25N5O7/c1-14-17-9-10-20(19(17)8-7-18(14)27(37)38)31-26(36)22-13-21(30-23-11-12-29-33(22)23)25(35)32-24(28(39)40-2)15-3-5-16(34)6-4-15/h3-8,11-13,20,24,34H,9-10H2,1-2H3,(H,31,36)(H,32,35)(H,37,38)/t20-,24+/m0/s1. The molecule has 4 N–H and O–H groups in total. The molecule has 2 aromatic heterocycles. The van der Waals surface area contributed by atoms with Crippen molar-refractivity contribution in [2.75, 3.05) is 7.11 Å². The third-order valence-corrected chi connectivity index (χ3v) is 6.99. The highest BCUT2D eigenvalue weighted by Crippen LogP contribution is 2.35. The van der Waals surface area contributed by atoms with Crippen LogP contribution in [0.25, 0.3) is 5.65 Å².